The Morgan fingerprint density at radius 3 is 2.50 bits per heavy atom. The maximum absolute atomic E-state index is 12.3. The molecule has 154 valence electrons. The molecule has 1 atom stereocenters. The lowest BCUT2D eigenvalue weighted by Gasteiger charge is -2.26. The number of carbonyl (C=O) groups is 3. The van der Waals surface area contributed by atoms with Gasteiger partial charge in [0.15, 0.2) is 18.1 Å². The molecule has 1 heterocycles. The Morgan fingerprint density at radius 2 is 1.86 bits per heavy atom. The number of nitrogens with zero attached hydrogens (tertiary/aromatic N) is 1. The lowest BCUT2D eigenvalue weighted by Crippen LogP contribution is -2.38. The number of rotatable bonds is 9. The van der Waals surface area contributed by atoms with Crippen molar-refractivity contribution in [2.75, 3.05) is 32.8 Å². The Kier molecular flexibility index (Phi) is 8.10. The fourth-order valence-corrected chi connectivity index (χ4v) is 2.85. The molecule has 0 spiro atoms. The first-order valence-electron chi connectivity index (χ1n) is 9.60. The highest BCUT2D eigenvalue weighted by Gasteiger charge is 2.19. The number of carboxylic acids is 1. The van der Waals surface area contributed by atoms with Crippen molar-refractivity contribution in [2.45, 2.75) is 33.1 Å². The number of aliphatic carboxylic acids is 1. The second-order valence-electron chi connectivity index (χ2n) is 6.77. The maximum Gasteiger partial charge on any atom is 0.308 e. The van der Waals surface area contributed by atoms with E-state index in [2.05, 4.69) is 5.32 Å². The van der Waals surface area contributed by atoms with Crippen molar-refractivity contribution in [1.29, 1.82) is 0 Å². The van der Waals surface area contributed by atoms with Gasteiger partial charge in [0.2, 0.25) is 0 Å². The van der Waals surface area contributed by atoms with Crippen LogP contribution in [0.5, 0.6) is 11.5 Å². The molecule has 1 aromatic carbocycles. The first-order valence-corrected chi connectivity index (χ1v) is 9.60. The van der Waals surface area contributed by atoms with E-state index in [4.69, 9.17) is 14.6 Å². The molecule has 28 heavy (non-hydrogen) atoms. The average molecular weight is 392 g/mol. The van der Waals surface area contributed by atoms with Crippen LogP contribution >= 0.6 is 0 Å². The summed E-state index contributed by atoms with van der Waals surface area (Å²) in [6.45, 7) is 5.16. The van der Waals surface area contributed by atoms with Crippen molar-refractivity contribution in [3.8, 4) is 11.5 Å². The summed E-state index contributed by atoms with van der Waals surface area (Å²) in [5.41, 5.74) is 0.329. The van der Waals surface area contributed by atoms with Gasteiger partial charge in [0.1, 0.15) is 0 Å². The number of carbonyl (C=O) groups excluding carboxylic acids is 2. The summed E-state index contributed by atoms with van der Waals surface area (Å²) in [6.07, 6.45) is 3.17. The molecule has 1 aliphatic rings. The van der Waals surface area contributed by atoms with E-state index in [1.54, 1.807) is 17.0 Å². The predicted octanol–water partition coefficient (Wildman–Crippen LogP) is 1.93. The molecule has 1 fully saturated rings. The number of hydrogen-bond acceptors (Lipinski definition) is 5. The lowest BCUT2D eigenvalue weighted by molar-refractivity contribution is -0.140. The van der Waals surface area contributed by atoms with Crippen LogP contribution < -0.4 is 14.8 Å². The zero-order chi connectivity index (χ0) is 20.5. The van der Waals surface area contributed by atoms with Crippen LogP contribution in [0.1, 0.15) is 43.5 Å². The van der Waals surface area contributed by atoms with Crippen molar-refractivity contribution >= 4 is 17.8 Å². The molecule has 8 heteroatoms. The van der Waals surface area contributed by atoms with Crippen LogP contribution in [0, 0.1) is 5.92 Å². The van der Waals surface area contributed by atoms with E-state index < -0.39 is 17.8 Å². The summed E-state index contributed by atoms with van der Waals surface area (Å²) < 4.78 is 11.2. The molecule has 2 amide bonds. The van der Waals surface area contributed by atoms with Crippen molar-refractivity contribution < 1.29 is 29.0 Å². The number of benzene rings is 1. The maximum atomic E-state index is 12.3. The topological polar surface area (TPSA) is 105 Å². The molecule has 1 aromatic rings. The zero-order valence-electron chi connectivity index (χ0n) is 16.4. The van der Waals surface area contributed by atoms with Gasteiger partial charge in [0.05, 0.1) is 12.5 Å². The Hall–Kier alpha value is -2.77. The largest absolute Gasteiger partial charge is 0.490 e. The monoisotopic (exact) mass is 392 g/mol. The van der Waals surface area contributed by atoms with Gasteiger partial charge in [-0.15, -0.1) is 0 Å². The number of carboxylic acid groups (broad SMARTS) is 1. The van der Waals surface area contributed by atoms with Crippen molar-refractivity contribution in [3.05, 3.63) is 23.8 Å². The van der Waals surface area contributed by atoms with Crippen molar-refractivity contribution in [2.24, 2.45) is 5.92 Å². The third kappa shape index (κ3) is 6.14. The smallest absolute Gasteiger partial charge is 0.308 e. The molecule has 1 unspecified atom stereocenters. The standard InChI is InChI=1S/C20H28N2O6/c1-3-27-17-11-15(19(24)21-12-14(2)20(25)26)7-8-16(17)28-13-18(23)22-9-5-4-6-10-22/h7-8,11,14H,3-6,9-10,12-13H2,1-2H3,(H,21,24)(H,25,26). The molecule has 2 rings (SSSR count). The molecule has 8 nitrogen and oxygen atoms in total. The highest BCUT2D eigenvalue weighted by Crippen LogP contribution is 2.28. The van der Waals surface area contributed by atoms with Gasteiger partial charge in [0, 0.05) is 25.2 Å². The minimum atomic E-state index is -0.975. The van der Waals surface area contributed by atoms with E-state index in [9.17, 15) is 14.4 Å². The van der Waals surface area contributed by atoms with E-state index in [-0.39, 0.29) is 19.1 Å². The van der Waals surface area contributed by atoms with Crippen LogP contribution in [0.25, 0.3) is 0 Å². The number of piperidine rings is 1. The quantitative estimate of drug-likeness (QED) is 0.665. The zero-order valence-corrected chi connectivity index (χ0v) is 16.4. The molecule has 0 aromatic heterocycles. The van der Waals surface area contributed by atoms with Crippen LogP contribution in [0.4, 0.5) is 0 Å². The Morgan fingerprint density at radius 1 is 1.14 bits per heavy atom. The van der Waals surface area contributed by atoms with Crippen LogP contribution in [0.3, 0.4) is 0 Å². The van der Waals surface area contributed by atoms with Crippen LogP contribution in [0.2, 0.25) is 0 Å². The highest BCUT2D eigenvalue weighted by atomic mass is 16.5. The summed E-state index contributed by atoms with van der Waals surface area (Å²) in [4.78, 5) is 37.2. The van der Waals surface area contributed by atoms with E-state index in [1.807, 2.05) is 6.92 Å². The van der Waals surface area contributed by atoms with E-state index in [0.717, 1.165) is 32.4 Å². The number of amides is 2. The Balaban J connectivity index is 1.99. The second-order valence-corrected chi connectivity index (χ2v) is 6.77. The minimum Gasteiger partial charge on any atom is -0.490 e. The molecule has 1 aliphatic heterocycles. The lowest BCUT2D eigenvalue weighted by atomic mass is 10.1. The van der Waals surface area contributed by atoms with E-state index >= 15 is 0 Å². The second kappa shape index (κ2) is 10.5. The third-order valence-electron chi connectivity index (χ3n) is 4.56. The molecule has 0 bridgehead atoms. The molecule has 0 aliphatic carbocycles. The summed E-state index contributed by atoms with van der Waals surface area (Å²) in [5.74, 6) is -1.36. The van der Waals surface area contributed by atoms with E-state index in [1.165, 1.54) is 13.0 Å². The van der Waals surface area contributed by atoms with Gasteiger partial charge in [-0.25, -0.2) is 0 Å². The SMILES string of the molecule is CCOc1cc(C(=O)NCC(C)C(=O)O)ccc1OCC(=O)N1CCCCC1. The summed E-state index contributed by atoms with van der Waals surface area (Å²) in [5, 5.41) is 11.5. The predicted molar refractivity (Wildman–Crippen MR) is 103 cm³/mol. The van der Waals surface area contributed by atoms with Gasteiger partial charge in [-0.3, -0.25) is 14.4 Å². The van der Waals surface area contributed by atoms with Crippen LogP contribution in [-0.4, -0.2) is 60.6 Å². The number of nitrogens with one attached hydrogen (secondary N) is 1. The molecular formula is C20H28N2O6. The summed E-state index contributed by atoms with van der Waals surface area (Å²) >= 11 is 0. The van der Waals surface area contributed by atoms with Gasteiger partial charge in [-0.2, -0.15) is 0 Å². The molecule has 2 N–H and O–H groups in total. The average Bonchev–Trinajstić information content (AvgIpc) is 2.71. The van der Waals surface area contributed by atoms with Gasteiger partial charge in [0.25, 0.3) is 11.8 Å². The van der Waals surface area contributed by atoms with Gasteiger partial charge >= 0.3 is 5.97 Å². The fourth-order valence-electron chi connectivity index (χ4n) is 2.85. The Bertz CT molecular complexity index is 700. The first-order chi connectivity index (χ1) is 13.4. The Labute approximate surface area is 164 Å². The molecule has 1 saturated heterocycles. The van der Waals surface area contributed by atoms with Crippen LogP contribution in [-0.2, 0) is 9.59 Å². The highest BCUT2D eigenvalue weighted by molar-refractivity contribution is 5.95. The van der Waals surface area contributed by atoms with Gasteiger partial charge < -0.3 is 24.8 Å². The normalized spacial score (nSPS) is 14.9. The van der Waals surface area contributed by atoms with Crippen molar-refractivity contribution in [3.63, 3.8) is 0 Å². The van der Waals surface area contributed by atoms with Gasteiger partial charge in [-0.1, -0.05) is 6.92 Å². The first kappa shape index (κ1) is 21.5. The van der Waals surface area contributed by atoms with Gasteiger partial charge in [-0.05, 0) is 44.4 Å². The molecule has 0 saturated carbocycles. The summed E-state index contributed by atoms with van der Waals surface area (Å²) in [7, 11) is 0. The van der Waals surface area contributed by atoms with Crippen LogP contribution in [0.15, 0.2) is 18.2 Å². The van der Waals surface area contributed by atoms with E-state index in [0.29, 0.717) is 23.7 Å². The minimum absolute atomic E-state index is 0.0285. The number of likely N-dealkylation sites (tertiary alicyclic amines) is 1. The third-order valence-corrected chi connectivity index (χ3v) is 4.56. The molecule has 0 radical (unpaired) electrons. The van der Waals surface area contributed by atoms with Crippen molar-refractivity contribution in [1.82, 2.24) is 10.2 Å². The number of ether oxygens (including phenoxy) is 2. The molecular weight excluding hydrogens is 364 g/mol. The number of hydrogen-bond donors (Lipinski definition) is 2. The fraction of sp³-hybridized carbons (Fsp3) is 0.550. The summed E-state index contributed by atoms with van der Waals surface area (Å²) in [6, 6.07) is 4.68.